The molecule has 1 N–H and O–H groups in total. The van der Waals surface area contributed by atoms with Gasteiger partial charge in [-0.3, -0.25) is 0 Å². The van der Waals surface area contributed by atoms with Crippen molar-refractivity contribution in [1.29, 1.82) is 0 Å². The number of furan rings is 1. The topological polar surface area (TPSA) is 25.2 Å². The molecule has 1 unspecified atom stereocenters. The third-order valence-corrected chi connectivity index (χ3v) is 3.33. The van der Waals surface area contributed by atoms with Gasteiger partial charge in [0.2, 0.25) is 0 Å². The molecule has 1 aromatic carbocycles. The minimum atomic E-state index is -0.179. The summed E-state index contributed by atoms with van der Waals surface area (Å²) >= 11 is 0. The molecular weight excluding hydrogens is 241 g/mol. The van der Waals surface area contributed by atoms with Crippen LogP contribution in [0.15, 0.2) is 41.0 Å². The number of benzene rings is 1. The number of hydrogen-bond donors (Lipinski definition) is 1. The zero-order valence-corrected chi connectivity index (χ0v) is 11.4. The average Bonchev–Trinajstić information content (AvgIpc) is 2.91. The minimum Gasteiger partial charge on any atom is -0.469 e. The van der Waals surface area contributed by atoms with Crippen molar-refractivity contribution in [3.63, 3.8) is 0 Å². The molecule has 0 bridgehead atoms. The Morgan fingerprint density at radius 2 is 2.16 bits per heavy atom. The van der Waals surface area contributed by atoms with E-state index >= 15 is 0 Å². The molecule has 102 valence electrons. The zero-order valence-electron chi connectivity index (χ0n) is 11.4. The van der Waals surface area contributed by atoms with Gasteiger partial charge in [0.15, 0.2) is 0 Å². The molecule has 0 saturated heterocycles. The highest BCUT2D eigenvalue weighted by molar-refractivity contribution is 5.29. The highest BCUT2D eigenvalue weighted by Gasteiger charge is 2.14. The van der Waals surface area contributed by atoms with Gasteiger partial charge in [0, 0.05) is 12.5 Å². The Balaban J connectivity index is 2.12. The lowest BCUT2D eigenvalue weighted by Crippen LogP contribution is -2.22. The van der Waals surface area contributed by atoms with Crippen LogP contribution in [0.4, 0.5) is 4.39 Å². The van der Waals surface area contributed by atoms with Crippen LogP contribution in [0.1, 0.15) is 36.3 Å². The summed E-state index contributed by atoms with van der Waals surface area (Å²) in [6.45, 7) is 4.94. The maximum Gasteiger partial charge on any atom is 0.123 e. The van der Waals surface area contributed by atoms with Crippen LogP contribution < -0.4 is 5.32 Å². The predicted molar refractivity (Wildman–Crippen MR) is 74.6 cm³/mol. The van der Waals surface area contributed by atoms with Crippen molar-refractivity contribution in [3.05, 3.63) is 59.3 Å². The van der Waals surface area contributed by atoms with Crippen molar-refractivity contribution in [3.8, 4) is 0 Å². The van der Waals surface area contributed by atoms with Crippen LogP contribution in [-0.4, -0.2) is 6.54 Å². The van der Waals surface area contributed by atoms with Gasteiger partial charge in [-0.1, -0.05) is 13.0 Å². The number of nitrogens with one attached hydrogen (secondary N) is 1. The van der Waals surface area contributed by atoms with E-state index < -0.39 is 0 Å². The first kappa shape index (κ1) is 13.8. The van der Waals surface area contributed by atoms with Crippen molar-refractivity contribution in [1.82, 2.24) is 5.32 Å². The van der Waals surface area contributed by atoms with Crippen LogP contribution in [0.2, 0.25) is 0 Å². The molecule has 0 aliphatic rings. The number of halogens is 1. The van der Waals surface area contributed by atoms with E-state index in [1.54, 1.807) is 12.3 Å². The molecule has 2 rings (SSSR count). The predicted octanol–water partition coefficient (Wildman–Crippen LogP) is 4.01. The summed E-state index contributed by atoms with van der Waals surface area (Å²) in [6, 6.07) is 9.00. The fourth-order valence-corrected chi connectivity index (χ4v) is 2.34. The maximum atomic E-state index is 13.4. The fourth-order valence-electron chi connectivity index (χ4n) is 2.34. The SMILES string of the molecule is CCNC(CCc1ccco1)c1cc(F)ccc1C. The molecule has 19 heavy (non-hydrogen) atoms. The minimum absolute atomic E-state index is 0.158. The second-order valence-corrected chi connectivity index (χ2v) is 4.73. The van der Waals surface area contributed by atoms with Crippen LogP contribution in [0, 0.1) is 12.7 Å². The molecular formula is C16H20FNO. The van der Waals surface area contributed by atoms with Crippen LogP contribution in [-0.2, 0) is 6.42 Å². The Labute approximate surface area is 113 Å². The first-order valence-electron chi connectivity index (χ1n) is 6.72. The van der Waals surface area contributed by atoms with E-state index in [0.717, 1.165) is 36.3 Å². The number of aryl methyl sites for hydroxylation is 2. The molecule has 0 saturated carbocycles. The van der Waals surface area contributed by atoms with Gasteiger partial charge in [-0.05, 0) is 55.3 Å². The maximum absolute atomic E-state index is 13.4. The van der Waals surface area contributed by atoms with E-state index in [4.69, 9.17) is 4.42 Å². The van der Waals surface area contributed by atoms with Crippen molar-refractivity contribution in [2.75, 3.05) is 6.54 Å². The monoisotopic (exact) mass is 261 g/mol. The van der Waals surface area contributed by atoms with E-state index in [0.29, 0.717) is 0 Å². The summed E-state index contributed by atoms with van der Waals surface area (Å²) in [7, 11) is 0. The highest BCUT2D eigenvalue weighted by atomic mass is 19.1. The smallest absolute Gasteiger partial charge is 0.123 e. The van der Waals surface area contributed by atoms with E-state index in [2.05, 4.69) is 12.2 Å². The molecule has 1 heterocycles. The number of hydrogen-bond acceptors (Lipinski definition) is 2. The van der Waals surface area contributed by atoms with E-state index in [1.807, 2.05) is 25.1 Å². The summed E-state index contributed by atoms with van der Waals surface area (Å²) in [5, 5.41) is 3.42. The molecule has 0 radical (unpaired) electrons. The molecule has 2 aromatic rings. The summed E-state index contributed by atoms with van der Waals surface area (Å²) in [4.78, 5) is 0. The number of rotatable bonds is 6. The zero-order chi connectivity index (χ0) is 13.7. The Morgan fingerprint density at radius 1 is 1.32 bits per heavy atom. The lowest BCUT2D eigenvalue weighted by Gasteiger charge is -2.20. The lowest BCUT2D eigenvalue weighted by molar-refractivity contribution is 0.456. The van der Waals surface area contributed by atoms with Crippen LogP contribution in [0.3, 0.4) is 0 Å². The fraction of sp³-hybridized carbons (Fsp3) is 0.375. The highest BCUT2D eigenvalue weighted by Crippen LogP contribution is 2.23. The van der Waals surface area contributed by atoms with Gasteiger partial charge in [-0.15, -0.1) is 0 Å². The first-order valence-corrected chi connectivity index (χ1v) is 6.72. The Bertz CT molecular complexity index is 507. The molecule has 0 amide bonds. The average molecular weight is 261 g/mol. The standard InChI is InChI=1S/C16H20FNO/c1-3-18-16(9-8-14-5-4-10-19-14)15-11-13(17)7-6-12(15)2/h4-7,10-11,16,18H,3,8-9H2,1-2H3. The molecule has 2 nitrogen and oxygen atoms in total. The normalized spacial score (nSPS) is 12.6. The van der Waals surface area contributed by atoms with Gasteiger partial charge < -0.3 is 9.73 Å². The van der Waals surface area contributed by atoms with Crippen molar-refractivity contribution in [2.24, 2.45) is 0 Å². The molecule has 3 heteroatoms. The summed E-state index contributed by atoms with van der Waals surface area (Å²) in [5.41, 5.74) is 2.15. The van der Waals surface area contributed by atoms with E-state index in [1.165, 1.54) is 6.07 Å². The van der Waals surface area contributed by atoms with Gasteiger partial charge in [-0.2, -0.15) is 0 Å². The molecule has 0 spiro atoms. The van der Waals surface area contributed by atoms with Crippen LogP contribution >= 0.6 is 0 Å². The van der Waals surface area contributed by atoms with Crippen LogP contribution in [0.5, 0.6) is 0 Å². The molecule has 0 aliphatic carbocycles. The first-order chi connectivity index (χ1) is 9.20. The third-order valence-electron chi connectivity index (χ3n) is 3.33. The molecule has 1 aromatic heterocycles. The van der Waals surface area contributed by atoms with Gasteiger partial charge in [0.1, 0.15) is 11.6 Å². The Kier molecular flexibility index (Phi) is 4.74. The second kappa shape index (κ2) is 6.53. The van der Waals surface area contributed by atoms with E-state index in [9.17, 15) is 4.39 Å². The van der Waals surface area contributed by atoms with Gasteiger partial charge in [0.25, 0.3) is 0 Å². The Hall–Kier alpha value is -1.61. The molecule has 0 aliphatic heterocycles. The summed E-state index contributed by atoms with van der Waals surface area (Å²) in [6.07, 6.45) is 3.43. The summed E-state index contributed by atoms with van der Waals surface area (Å²) in [5.74, 6) is 0.790. The quantitative estimate of drug-likeness (QED) is 0.850. The second-order valence-electron chi connectivity index (χ2n) is 4.73. The van der Waals surface area contributed by atoms with Crippen molar-refractivity contribution in [2.45, 2.75) is 32.7 Å². The van der Waals surface area contributed by atoms with Crippen LogP contribution in [0.25, 0.3) is 0 Å². The molecule has 0 fully saturated rings. The summed E-state index contributed by atoms with van der Waals surface area (Å²) < 4.78 is 18.8. The van der Waals surface area contributed by atoms with E-state index in [-0.39, 0.29) is 11.9 Å². The van der Waals surface area contributed by atoms with Gasteiger partial charge in [-0.25, -0.2) is 4.39 Å². The molecule has 1 atom stereocenters. The Morgan fingerprint density at radius 3 is 2.84 bits per heavy atom. The van der Waals surface area contributed by atoms with Crippen molar-refractivity contribution >= 4 is 0 Å². The van der Waals surface area contributed by atoms with Crippen molar-refractivity contribution < 1.29 is 8.81 Å². The van der Waals surface area contributed by atoms with Gasteiger partial charge >= 0.3 is 0 Å². The van der Waals surface area contributed by atoms with Gasteiger partial charge in [0.05, 0.1) is 6.26 Å². The largest absolute Gasteiger partial charge is 0.469 e. The lowest BCUT2D eigenvalue weighted by atomic mass is 9.97. The third kappa shape index (κ3) is 3.67.